The van der Waals surface area contributed by atoms with Gasteiger partial charge in [-0.2, -0.15) is 0 Å². The summed E-state index contributed by atoms with van der Waals surface area (Å²) in [5.41, 5.74) is 8.38. The molecule has 0 saturated carbocycles. The quantitative estimate of drug-likeness (QED) is 0.574. The van der Waals surface area contributed by atoms with Crippen molar-refractivity contribution in [3.05, 3.63) is 35.4 Å². The van der Waals surface area contributed by atoms with Gasteiger partial charge in [0.15, 0.2) is 0 Å². The molecule has 14 heavy (non-hydrogen) atoms. The second kappa shape index (κ2) is 3.96. The molecule has 1 rings (SSSR count). The van der Waals surface area contributed by atoms with Gasteiger partial charge >= 0.3 is 5.97 Å². The lowest BCUT2D eigenvalue weighted by Gasteiger charge is -2.07. The lowest BCUT2D eigenvalue weighted by atomic mass is 10.0. The van der Waals surface area contributed by atoms with Gasteiger partial charge in [-0.3, -0.25) is 0 Å². The molecule has 3 nitrogen and oxygen atoms in total. The van der Waals surface area contributed by atoms with Gasteiger partial charge < -0.3 is 10.5 Å². The van der Waals surface area contributed by atoms with Gasteiger partial charge in [-0.15, -0.1) is 0 Å². The van der Waals surface area contributed by atoms with Crippen molar-refractivity contribution in [1.29, 1.82) is 0 Å². The van der Waals surface area contributed by atoms with Crippen molar-refractivity contribution in [3.8, 4) is 0 Å². The highest BCUT2D eigenvalue weighted by atomic mass is 16.5. The molecule has 0 bridgehead atoms. The van der Waals surface area contributed by atoms with Gasteiger partial charge in [-0.25, -0.2) is 4.79 Å². The predicted octanol–water partition coefficient (Wildman–Crippen LogP) is 2.01. The molecule has 2 N–H and O–H groups in total. The summed E-state index contributed by atoms with van der Waals surface area (Å²) in [6.45, 7) is 5.57. The first kappa shape index (κ1) is 10.3. The molecule has 0 fully saturated rings. The Morgan fingerprint density at radius 2 is 2.21 bits per heavy atom. The Kier molecular flexibility index (Phi) is 2.92. The summed E-state index contributed by atoms with van der Waals surface area (Å²) in [4.78, 5) is 11.3. The molecule has 0 saturated heterocycles. The van der Waals surface area contributed by atoms with Crippen LogP contribution in [0.2, 0.25) is 0 Å². The monoisotopic (exact) mass is 191 g/mol. The summed E-state index contributed by atoms with van der Waals surface area (Å²) in [5.74, 6) is -0.425. The number of aryl methyl sites for hydroxylation is 1. The van der Waals surface area contributed by atoms with Crippen molar-refractivity contribution in [2.24, 2.45) is 0 Å². The summed E-state index contributed by atoms with van der Waals surface area (Å²) < 4.78 is 4.60. The Balaban J connectivity index is 3.30. The van der Waals surface area contributed by atoms with Crippen LogP contribution in [0.4, 0.5) is 5.69 Å². The lowest BCUT2D eigenvalue weighted by Crippen LogP contribution is -2.06. The normalized spacial score (nSPS) is 9.57. The topological polar surface area (TPSA) is 52.3 Å². The number of nitrogens with two attached hydrogens (primary N) is 1. The third-order valence-electron chi connectivity index (χ3n) is 2.06. The highest BCUT2D eigenvalue weighted by Gasteiger charge is 2.11. The number of anilines is 1. The van der Waals surface area contributed by atoms with Crippen molar-refractivity contribution >= 4 is 17.7 Å². The standard InChI is InChI=1S/C11H13NO2/c1-4-8-6-9(11(13)14-3)10(12)5-7(8)2/h4-6H,1,12H2,2-3H3. The summed E-state index contributed by atoms with van der Waals surface area (Å²) in [5, 5.41) is 0. The Labute approximate surface area is 83.2 Å². The number of hydrogen-bond acceptors (Lipinski definition) is 3. The molecule has 74 valence electrons. The highest BCUT2D eigenvalue weighted by molar-refractivity contribution is 5.96. The molecule has 0 aliphatic carbocycles. The second-order valence-electron chi connectivity index (χ2n) is 2.99. The molecule has 0 unspecified atom stereocenters. The van der Waals surface area contributed by atoms with Crippen LogP contribution >= 0.6 is 0 Å². The van der Waals surface area contributed by atoms with E-state index in [0.717, 1.165) is 11.1 Å². The largest absolute Gasteiger partial charge is 0.465 e. The smallest absolute Gasteiger partial charge is 0.339 e. The summed E-state index contributed by atoms with van der Waals surface area (Å²) >= 11 is 0. The molecular weight excluding hydrogens is 178 g/mol. The van der Waals surface area contributed by atoms with Crippen molar-refractivity contribution in [2.75, 3.05) is 12.8 Å². The molecule has 0 radical (unpaired) electrons. The average molecular weight is 191 g/mol. The van der Waals surface area contributed by atoms with E-state index < -0.39 is 5.97 Å². The van der Waals surface area contributed by atoms with Gasteiger partial charge in [-0.05, 0) is 30.2 Å². The van der Waals surface area contributed by atoms with Gasteiger partial charge in [0, 0.05) is 5.69 Å². The molecule has 0 atom stereocenters. The van der Waals surface area contributed by atoms with E-state index >= 15 is 0 Å². The van der Waals surface area contributed by atoms with E-state index in [1.807, 2.05) is 6.92 Å². The third-order valence-corrected chi connectivity index (χ3v) is 2.06. The number of methoxy groups -OCH3 is 1. The van der Waals surface area contributed by atoms with Crippen LogP contribution < -0.4 is 5.73 Å². The minimum atomic E-state index is -0.425. The summed E-state index contributed by atoms with van der Waals surface area (Å²) in [6, 6.07) is 3.42. The fourth-order valence-corrected chi connectivity index (χ4v) is 1.25. The molecule has 0 aliphatic heterocycles. The van der Waals surface area contributed by atoms with E-state index in [-0.39, 0.29) is 0 Å². The van der Waals surface area contributed by atoms with Crippen LogP contribution in [-0.2, 0) is 4.74 Å². The van der Waals surface area contributed by atoms with Gasteiger partial charge in [0.2, 0.25) is 0 Å². The van der Waals surface area contributed by atoms with Crippen LogP contribution in [0.25, 0.3) is 6.08 Å². The molecule has 0 aromatic heterocycles. The van der Waals surface area contributed by atoms with Crippen molar-refractivity contribution in [2.45, 2.75) is 6.92 Å². The van der Waals surface area contributed by atoms with E-state index in [1.54, 1.807) is 18.2 Å². The first-order valence-electron chi connectivity index (χ1n) is 4.21. The van der Waals surface area contributed by atoms with Crippen LogP contribution in [0, 0.1) is 6.92 Å². The number of benzene rings is 1. The number of esters is 1. The van der Waals surface area contributed by atoms with E-state index in [1.165, 1.54) is 7.11 Å². The average Bonchev–Trinajstić information content (AvgIpc) is 2.17. The van der Waals surface area contributed by atoms with Crippen LogP contribution in [0.15, 0.2) is 18.7 Å². The Bertz CT molecular complexity index is 383. The van der Waals surface area contributed by atoms with Crippen LogP contribution in [0.1, 0.15) is 21.5 Å². The molecule has 0 aliphatic rings. The van der Waals surface area contributed by atoms with E-state index in [2.05, 4.69) is 11.3 Å². The fraction of sp³-hybridized carbons (Fsp3) is 0.182. The van der Waals surface area contributed by atoms with Crippen LogP contribution in [0.5, 0.6) is 0 Å². The third kappa shape index (κ3) is 1.76. The Morgan fingerprint density at radius 1 is 1.57 bits per heavy atom. The van der Waals surface area contributed by atoms with Gasteiger partial charge in [0.05, 0.1) is 12.7 Å². The molecule has 1 aromatic rings. The zero-order valence-corrected chi connectivity index (χ0v) is 8.33. The molecule has 0 heterocycles. The maximum atomic E-state index is 11.3. The maximum absolute atomic E-state index is 11.3. The van der Waals surface area contributed by atoms with Crippen molar-refractivity contribution in [3.63, 3.8) is 0 Å². The number of hydrogen-bond donors (Lipinski definition) is 1. The zero-order valence-electron chi connectivity index (χ0n) is 8.33. The molecule has 0 amide bonds. The number of rotatable bonds is 2. The minimum Gasteiger partial charge on any atom is -0.465 e. The number of nitrogen functional groups attached to an aromatic ring is 1. The Morgan fingerprint density at radius 3 is 2.71 bits per heavy atom. The molecule has 0 spiro atoms. The van der Waals surface area contributed by atoms with E-state index in [4.69, 9.17) is 5.73 Å². The predicted molar refractivity (Wildman–Crippen MR) is 57.0 cm³/mol. The van der Waals surface area contributed by atoms with Crippen molar-refractivity contribution < 1.29 is 9.53 Å². The van der Waals surface area contributed by atoms with E-state index in [0.29, 0.717) is 11.3 Å². The minimum absolute atomic E-state index is 0.382. The summed E-state index contributed by atoms with van der Waals surface area (Å²) in [6.07, 6.45) is 1.68. The van der Waals surface area contributed by atoms with Crippen molar-refractivity contribution in [1.82, 2.24) is 0 Å². The van der Waals surface area contributed by atoms with Gasteiger partial charge in [-0.1, -0.05) is 12.7 Å². The van der Waals surface area contributed by atoms with Gasteiger partial charge in [0.1, 0.15) is 0 Å². The molecule has 1 aromatic carbocycles. The molecular formula is C11H13NO2. The summed E-state index contributed by atoms with van der Waals surface area (Å²) in [7, 11) is 1.33. The zero-order chi connectivity index (χ0) is 10.7. The second-order valence-corrected chi connectivity index (χ2v) is 2.99. The Hall–Kier alpha value is -1.77. The first-order valence-corrected chi connectivity index (χ1v) is 4.21. The number of carbonyl (C=O) groups excluding carboxylic acids is 1. The maximum Gasteiger partial charge on any atom is 0.339 e. The fourth-order valence-electron chi connectivity index (χ4n) is 1.25. The number of ether oxygens (including phenoxy) is 1. The number of carbonyl (C=O) groups is 1. The van der Waals surface area contributed by atoms with E-state index in [9.17, 15) is 4.79 Å². The van der Waals surface area contributed by atoms with Crippen LogP contribution in [-0.4, -0.2) is 13.1 Å². The van der Waals surface area contributed by atoms with Gasteiger partial charge in [0.25, 0.3) is 0 Å². The first-order chi connectivity index (χ1) is 6.60. The SMILES string of the molecule is C=Cc1cc(C(=O)OC)c(N)cc1C. The molecule has 3 heteroatoms. The lowest BCUT2D eigenvalue weighted by molar-refractivity contribution is 0.0602. The highest BCUT2D eigenvalue weighted by Crippen LogP contribution is 2.20. The van der Waals surface area contributed by atoms with Crippen LogP contribution in [0.3, 0.4) is 0 Å².